The van der Waals surface area contributed by atoms with E-state index >= 15 is 0 Å². The Morgan fingerprint density at radius 1 is 1.38 bits per heavy atom. The van der Waals surface area contributed by atoms with E-state index in [0.717, 1.165) is 12.1 Å². The lowest BCUT2D eigenvalue weighted by atomic mass is 10.1. The highest BCUT2D eigenvalue weighted by Crippen LogP contribution is 2.20. The molecule has 1 aromatic carbocycles. The summed E-state index contributed by atoms with van der Waals surface area (Å²) in [6, 6.07) is 7.15. The summed E-state index contributed by atoms with van der Waals surface area (Å²) in [7, 11) is -1.48. The zero-order valence-corrected chi connectivity index (χ0v) is 12.8. The predicted molar refractivity (Wildman–Crippen MR) is 82.2 cm³/mol. The van der Waals surface area contributed by atoms with Gasteiger partial charge in [0.15, 0.2) is 9.84 Å². The van der Waals surface area contributed by atoms with Gasteiger partial charge in [-0.15, -0.1) is 0 Å². The fraction of sp³-hybridized carbons (Fsp3) is 0.500. The molecule has 0 aliphatic carbocycles. The van der Waals surface area contributed by atoms with Crippen molar-refractivity contribution in [2.24, 2.45) is 0 Å². The van der Waals surface area contributed by atoms with E-state index < -0.39 is 9.84 Å². The molecule has 0 aromatic heterocycles. The third-order valence-electron chi connectivity index (χ3n) is 3.26. The molecule has 1 aliphatic rings. The van der Waals surface area contributed by atoms with Gasteiger partial charge in [-0.3, -0.25) is 4.79 Å². The SMILES string of the molecule is COCC(=O)Nc1cccc(NC2CCCS(=O)(=O)C2)c1. The quantitative estimate of drug-likeness (QED) is 0.855. The van der Waals surface area contributed by atoms with Crippen molar-refractivity contribution < 1.29 is 17.9 Å². The summed E-state index contributed by atoms with van der Waals surface area (Å²) in [6.07, 6.45) is 1.52. The summed E-state index contributed by atoms with van der Waals surface area (Å²) < 4.78 is 28.0. The second kappa shape index (κ2) is 6.91. The smallest absolute Gasteiger partial charge is 0.250 e. The molecule has 2 rings (SSSR count). The van der Waals surface area contributed by atoms with Gasteiger partial charge < -0.3 is 15.4 Å². The number of benzene rings is 1. The molecule has 7 heteroatoms. The van der Waals surface area contributed by atoms with Gasteiger partial charge in [0.1, 0.15) is 6.61 Å². The van der Waals surface area contributed by atoms with Gasteiger partial charge in [0.25, 0.3) is 0 Å². The number of methoxy groups -OCH3 is 1. The highest BCUT2D eigenvalue weighted by Gasteiger charge is 2.24. The molecular formula is C14H20N2O4S. The summed E-state index contributed by atoms with van der Waals surface area (Å²) in [5.41, 5.74) is 1.45. The minimum Gasteiger partial charge on any atom is -0.381 e. The minimum absolute atomic E-state index is 0.00146. The molecule has 116 valence electrons. The van der Waals surface area contributed by atoms with Crippen molar-refractivity contribution in [2.75, 3.05) is 35.9 Å². The fourth-order valence-corrected chi connectivity index (χ4v) is 4.02. The van der Waals surface area contributed by atoms with Gasteiger partial charge in [0, 0.05) is 24.5 Å². The molecule has 1 heterocycles. The van der Waals surface area contributed by atoms with E-state index in [4.69, 9.17) is 4.74 Å². The molecule has 0 radical (unpaired) electrons. The Morgan fingerprint density at radius 3 is 2.86 bits per heavy atom. The summed E-state index contributed by atoms with van der Waals surface area (Å²) >= 11 is 0. The topological polar surface area (TPSA) is 84.5 Å². The maximum atomic E-state index is 11.6. The highest BCUT2D eigenvalue weighted by molar-refractivity contribution is 7.91. The number of carbonyl (C=O) groups excluding carboxylic acids is 1. The molecule has 1 unspecified atom stereocenters. The van der Waals surface area contributed by atoms with Crippen LogP contribution in [0.5, 0.6) is 0 Å². The highest BCUT2D eigenvalue weighted by atomic mass is 32.2. The van der Waals surface area contributed by atoms with Crippen LogP contribution in [-0.2, 0) is 19.4 Å². The first-order chi connectivity index (χ1) is 9.98. The summed E-state index contributed by atoms with van der Waals surface area (Å²) in [6.45, 7) is -0.00146. The average molecular weight is 312 g/mol. The van der Waals surface area contributed by atoms with E-state index in [-0.39, 0.29) is 30.1 Å². The predicted octanol–water partition coefficient (Wildman–Crippen LogP) is 1.26. The molecular weight excluding hydrogens is 292 g/mol. The Labute approximate surface area is 124 Å². The van der Waals surface area contributed by atoms with Crippen LogP contribution < -0.4 is 10.6 Å². The molecule has 0 saturated carbocycles. The van der Waals surface area contributed by atoms with Crippen LogP contribution in [0.25, 0.3) is 0 Å². The number of hydrogen-bond acceptors (Lipinski definition) is 5. The number of carbonyl (C=O) groups is 1. The van der Waals surface area contributed by atoms with Crippen LogP contribution in [0.1, 0.15) is 12.8 Å². The van der Waals surface area contributed by atoms with Crippen LogP contribution in [0.4, 0.5) is 11.4 Å². The van der Waals surface area contributed by atoms with Gasteiger partial charge in [0.05, 0.1) is 11.5 Å². The van der Waals surface area contributed by atoms with Gasteiger partial charge >= 0.3 is 0 Å². The number of anilines is 2. The second-order valence-electron chi connectivity index (χ2n) is 5.16. The Kier molecular flexibility index (Phi) is 5.19. The maximum absolute atomic E-state index is 11.6. The molecule has 1 atom stereocenters. The van der Waals surface area contributed by atoms with Crippen molar-refractivity contribution in [2.45, 2.75) is 18.9 Å². The zero-order valence-electron chi connectivity index (χ0n) is 12.0. The summed E-state index contributed by atoms with van der Waals surface area (Å²) in [4.78, 5) is 11.5. The Morgan fingerprint density at radius 2 is 2.14 bits per heavy atom. The normalized spacial score (nSPS) is 20.7. The third-order valence-corrected chi connectivity index (χ3v) is 5.08. The molecule has 0 spiro atoms. The van der Waals surface area contributed by atoms with E-state index in [0.29, 0.717) is 12.1 Å². The molecule has 1 amide bonds. The fourth-order valence-electron chi connectivity index (χ4n) is 2.39. The van der Waals surface area contributed by atoms with E-state index in [1.807, 2.05) is 12.1 Å². The van der Waals surface area contributed by atoms with Gasteiger partial charge in [0.2, 0.25) is 5.91 Å². The van der Waals surface area contributed by atoms with E-state index in [1.165, 1.54) is 7.11 Å². The first kappa shape index (κ1) is 15.8. The second-order valence-corrected chi connectivity index (χ2v) is 7.39. The van der Waals surface area contributed by atoms with Crippen LogP contribution in [0, 0.1) is 0 Å². The Bertz CT molecular complexity index is 601. The van der Waals surface area contributed by atoms with Crippen molar-refractivity contribution in [3.05, 3.63) is 24.3 Å². The molecule has 1 aliphatic heterocycles. The molecule has 0 bridgehead atoms. The van der Waals surface area contributed by atoms with Crippen molar-refractivity contribution >= 4 is 27.1 Å². The van der Waals surface area contributed by atoms with E-state index in [1.54, 1.807) is 12.1 Å². The third kappa shape index (κ3) is 5.02. The lowest BCUT2D eigenvalue weighted by Crippen LogP contribution is -2.34. The summed E-state index contributed by atoms with van der Waals surface area (Å²) in [5, 5.41) is 5.93. The number of amides is 1. The lowest BCUT2D eigenvalue weighted by molar-refractivity contribution is -0.119. The Balaban J connectivity index is 1.99. The largest absolute Gasteiger partial charge is 0.381 e. The van der Waals surface area contributed by atoms with E-state index in [9.17, 15) is 13.2 Å². The lowest BCUT2D eigenvalue weighted by Gasteiger charge is -2.24. The molecule has 21 heavy (non-hydrogen) atoms. The van der Waals surface area contributed by atoms with Crippen LogP contribution in [-0.4, -0.2) is 45.6 Å². The molecule has 1 saturated heterocycles. The monoisotopic (exact) mass is 312 g/mol. The van der Waals surface area contributed by atoms with Crippen LogP contribution in [0.15, 0.2) is 24.3 Å². The van der Waals surface area contributed by atoms with E-state index in [2.05, 4.69) is 10.6 Å². The maximum Gasteiger partial charge on any atom is 0.250 e. The van der Waals surface area contributed by atoms with Crippen LogP contribution in [0.3, 0.4) is 0 Å². The zero-order chi connectivity index (χ0) is 15.3. The number of ether oxygens (including phenoxy) is 1. The van der Waals surface area contributed by atoms with Crippen LogP contribution >= 0.6 is 0 Å². The molecule has 1 fully saturated rings. The first-order valence-corrected chi connectivity index (χ1v) is 8.66. The van der Waals surface area contributed by atoms with Crippen molar-refractivity contribution in [1.82, 2.24) is 0 Å². The molecule has 6 nitrogen and oxygen atoms in total. The van der Waals surface area contributed by atoms with Crippen molar-refractivity contribution in [3.63, 3.8) is 0 Å². The number of nitrogens with one attached hydrogen (secondary N) is 2. The number of rotatable bonds is 5. The van der Waals surface area contributed by atoms with Gasteiger partial charge in [-0.2, -0.15) is 0 Å². The number of sulfone groups is 1. The van der Waals surface area contributed by atoms with Crippen LogP contribution in [0.2, 0.25) is 0 Å². The molecule has 1 aromatic rings. The van der Waals surface area contributed by atoms with Crippen molar-refractivity contribution in [1.29, 1.82) is 0 Å². The van der Waals surface area contributed by atoms with Gasteiger partial charge in [-0.1, -0.05) is 6.07 Å². The Hall–Kier alpha value is -1.60. The van der Waals surface area contributed by atoms with Gasteiger partial charge in [-0.25, -0.2) is 8.42 Å². The first-order valence-electron chi connectivity index (χ1n) is 6.84. The summed E-state index contributed by atoms with van der Waals surface area (Å²) in [5.74, 6) is 0.209. The van der Waals surface area contributed by atoms with Crippen molar-refractivity contribution in [3.8, 4) is 0 Å². The average Bonchev–Trinajstić information content (AvgIpc) is 2.38. The van der Waals surface area contributed by atoms with Gasteiger partial charge in [-0.05, 0) is 31.0 Å². The minimum atomic E-state index is -2.94. The molecule has 2 N–H and O–H groups in total. The standard InChI is InChI=1S/C14H20N2O4S/c1-20-9-14(17)16-12-5-2-4-11(8-12)15-13-6-3-7-21(18,19)10-13/h2,4-5,8,13,15H,3,6-7,9-10H2,1H3,(H,16,17). The number of hydrogen-bond donors (Lipinski definition) is 2.